The highest BCUT2D eigenvalue weighted by Gasteiger charge is 2.13. The molecule has 0 aliphatic heterocycles. The summed E-state index contributed by atoms with van der Waals surface area (Å²) in [6.07, 6.45) is -0.861. The second kappa shape index (κ2) is 4.28. The Morgan fingerprint density at radius 3 is 2.00 bits per heavy atom. The monoisotopic (exact) mass is 145 g/mol. The van der Waals surface area contributed by atoms with Gasteiger partial charge in [0.1, 0.15) is 6.10 Å². The topological polar surface area (TPSA) is 40.5 Å². The van der Waals surface area contributed by atoms with Crippen LogP contribution in [0.4, 0.5) is 0 Å². The van der Waals surface area contributed by atoms with Crippen LogP contribution in [-0.4, -0.2) is 35.1 Å². The van der Waals surface area contributed by atoms with Crippen LogP contribution in [0.15, 0.2) is 0 Å². The average molecular weight is 145 g/mol. The summed E-state index contributed by atoms with van der Waals surface area (Å²) >= 11 is 0. The predicted molar refractivity (Wildman–Crippen MR) is 39.6 cm³/mol. The van der Waals surface area contributed by atoms with Crippen LogP contribution in [0, 0.1) is 0 Å². The van der Waals surface area contributed by atoms with Crippen molar-refractivity contribution in [3.05, 3.63) is 0 Å². The van der Waals surface area contributed by atoms with Crippen LogP contribution in [0.3, 0.4) is 0 Å². The molecule has 3 nitrogen and oxygen atoms in total. The van der Waals surface area contributed by atoms with E-state index >= 15 is 0 Å². The van der Waals surface area contributed by atoms with Crippen LogP contribution in [0.25, 0.3) is 0 Å². The van der Waals surface area contributed by atoms with E-state index in [1.54, 1.807) is 4.90 Å². The quantitative estimate of drug-likeness (QED) is 0.617. The lowest BCUT2D eigenvalue weighted by Gasteiger charge is -2.19. The first kappa shape index (κ1) is 9.43. The van der Waals surface area contributed by atoms with Gasteiger partial charge in [0.05, 0.1) is 0 Å². The van der Waals surface area contributed by atoms with Crippen molar-refractivity contribution < 1.29 is 9.90 Å². The van der Waals surface area contributed by atoms with E-state index in [0.717, 1.165) is 0 Å². The van der Waals surface area contributed by atoms with Crippen molar-refractivity contribution in [3.63, 3.8) is 0 Å². The third kappa shape index (κ3) is 2.35. The van der Waals surface area contributed by atoms with Gasteiger partial charge in [-0.2, -0.15) is 0 Å². The first-order chi connectivity index (χ1) is 4.63. The van der Waals surface area contributed by atoms with Crippen LogP contribution in [0.5, 0.6) is 0 Å². The summed E-state index contributed by atoms with van der Waals surface area (Å²) in [5, 5.41) is 8.86. The number of amides is 1. The Labute approximate surface area is 61.6 Å². The molecule has 1 amide bonds. The van der Waals surface area contributed by atoms with Crippen molar-refractivity contribution in [1.82, 2.24) is 4.90 Å². The smallest absolute Gasteiger partial charge is 0.251 e. The lowest BCUT2D eigenvalue weighted by molar-refractivity contribution is -0.138. The predicted octanol–water partition coefficient (Wildman–Crippen LogP) is 0.236. The molecule has 0 aromatic carbocycles. The van der Waals surface area contributed by atoms with Crippen molar-refractivity contribution in [2.45, 2.75) is 26.9 Å². The fourth-order valence-corrected chi connectivity index (χ4v) is 0.800. The Balaban J connectivity index is 3.89. The van der Waals surface area contributed by atoms with Gasteiger partial charge in [-0.15, -0.1) is 0 Å². The van der Waals surface area contributed by atoms with E-state index in [1.165, 1.54) is 6.92 Å². The molecule has 0 aromatic heterocycles. The van der Waals surface area contributed by atoms with Crippen molar-refractivity contribution in [3.8, 4) is 0 Å². The molecule has 0 aromatic rings. The number of likely N-dealkylation sites (N-methyl/N-ethyl adjacent to an activating group) is 1. The largest absolute Gasteiger partial charge is 0.384 e. The number of rotatable bonds is 3. The molecule has 3 heteroatoms. The fourth-order valence-electron chi connectivity index (χ4n) is 0.800. The zero-order valence-corrected chi connectivity index (χ0v) is 6.79. The number of carbonyl (C=O) groups is 1. The maximum atomic E-state index is 11.0. The Morgan fingerprint density at radius 1 is 1.50 bits per heavy atom. The molecule has 0 unspecified atom stereocenters. The molecule has 0 fully saturated rings. The van der Waals surface area contributed by atoms with E-state index in [1.807, 2.05) is 13.8 Å². The first-order valence-electron chi connectivity index (χ1n) is 3.60. The van der Waals surface area contributed by atoms with Crippen LogP contribution < -0.4 is 0 Å². The van der Waals surface area contributed by atoms with E-state index in [0.29, 0.717) is 13.1 Å². The second-order valence-electron chi connectivity index (χ2n) is 2.19. The van der Waals surface area contributed by atoms with Gasteiger partial charge < -0.3 is 10.0 Å². The van der Waals surface area contributed by atoms with Crippen molar-refractivity contribution in [2.75, 3.05) is 13.1 Å². The van der Waals surface area contributed by atoms with Crippen LogP contribution in [0.2, 0.25) is 0 Å². The van der Waals surface area contributed by atoms with Gasteiger partial charge in [-0.1, -0.05) is 0 Å². The maximum Gasteiger partial charge on any atom is 0.251 e. The van der Waals surface area contributed by atoms with E-state index in [-0.39, 0.29) is 5.91 Å². The molecule has 0 radical (unpaired) electrons. The lowest BCUT2D eigenvalue weighted by Crippen LogP contribution is -2.37. The lowest BCUT2D eigenvalue weighted by atomic mass is 10.3. The third-order valence-electron chi connectivity index (χ3n) is 1.43. The molecule has 10 heavy (non-hydrogen) atoms. The normalized spacial score (nSPS) is 12.8. The summed E-state index contributed by atoms with van der Waals surface area (Å²) in [4.78, 5) is 12.6. The van der Waals surface area contributed by atoms with E-state index in [4.69, 9.17) is 5.11 Å². The van der Waals surface area contributed by atoms with Crippen molar-refractivity contribution in [1.29, 1.82) is 0 Å². The molecule has 0 heterocycles. The fraction of sp³-hybridized carbons (Fsp3) is 0.857. The van der Waals surface area contributed by atoms with Gasteiger partial charge in [-0.3, -0.25) is 4.79 Å². The molecule has 0 saturated heterocycles. The number of aliphatic hydroxyl groups excluding tert-OH is 1. The molecule has 60 valence electrons. The maximum absolute atomic E-state index is 11.0. The van der Waals surface area contributed by atoms with Gasteiger partial charge >= 0.3 is 0 Å². The van der Waals surface area contributed by atoms with Crippen molar-refractivity contribution in [2.24, 2.45) is 0 Å². The SMILES string of the molecule is CCN(CC)C(=O)[C@@H](C)O. The van der Waals surface area contributed by atoms with Crippen LogP contribution >= 0.6 is 0 Å². The van der Waals surface area contributed by atoms with E-state index in [2.05, 4.69) is 0 Å². The number of carbonyl (C=O) groups excluding carboxylic acids is 1. The molecular formula is C7H15NO2. The Bertz CT molecular complexity index is 108. The summed E-state index contributed by atoms with van der Waals surface area (Å²) < 4.78 is 0. The number of nitrogens with zero attached hydrogens (tertiary/aromatic N) is 1. The van der Waals surface area contributed by atoms with Gasteiger partial charge in [0.15, 0.2) is 0 Å². The highest BCUT2D eigenvalue weighted by atomic mass is 16.3. The molecule has 0 spiro atoms. The summed E-state index contributed by atoms with van der Waals surface area (Å²) in [6.45, 7) is 6.61. The van der Waals surface area contributed by atoms with Gasteiger partial charge in [0.2, 0.25) is 0 Å². The van der Waals surface area contributed by atoms with Gasteiger partial charge in [0.25, 0.3) is 5.91 Å². The van der Waals surface area contributed by atoms with Gasteiger partial charge in [-0.05, 0) is 20.8 Å². The molecule has 0 saturated carbocycles. The highest BCUT2D eigenvalue weighted by molar-refractivity contribution is 5.80. The minimum Gasteiger partial charge on any atom is -0.384 e. The Morgan fingerprint density at radius 2 is 1.90 bits per heavy atom. The number of hydrogen-bond donors (Lipinski definition) is 1. The van der Waals surface area contributed by atoms with Gasteiger partial charge in [0, 0.05) is 13.1 Å². The van der Waals surface area contributed by atoms with E-state index in [9.17, 15) is 4.79 Å². The molecular weight excluding hydrogens is 130 g/mol. The molecule has 0 aliphatic rings. The molecule has 0 aliphatic carbocycles. The minimum atomic E-state index is -0.861. The zero-order chi connectivity index (χ0) is 8.15. The summed E-state index contributed by atoms with van der Waals surface area (Å²) in [5.41, 5.74) is 0. The van der Waals surface area contributed by atoms with Crippen LogP contribution in [-0.2, 0) is 4.79 Å². The standard InChI is InChI=1S/C7H15NO2/c1-4-8(5-2)7(10)6(3)9/h6,9H,4-5H2,1-3H3/t6-/m1/s1. The molecule has 0 bridgehead atoms. The van der Waals surface area contributed by atoms with Crippen molar-refractivity contribution >= 4 is 5.91 Å². The zero-order valence-electron chi connectivity index (χ0n) is 6.79. The minimum absolute atomic E-state index is 0.190. The highest BCUT2D eigenvalue weighted by Crippen LogP contribution is 1.92. The second-order valence-corrected chi connectivity index (χ2v) is 2.19. The number of hydrogen-bond acceptors (Lipinski definition) is 2. The van der Waals surface area contributed by atoms with E-state index < -0.39 is 6.10 Å². The average Bonchev–Trinajstić information content (AvgIpc) is 1.90. The first-order valence-corrected chi connectivity index (χ1v) is 3.60. The summed E-state index contributed by atoms with van der Waals surface area (Å²) in [5.74, 6) is -0.190. The summed E-state index contributed by atoms with van der Waals surface area (Å²) in [7, 11) is 0. The Kier molecular flexibility index (Phi) is 4.03. The number of aliphatic hydroxyl groups is 1. The van der Waals surface area contributed by atoms with Gasteiger partial charge in [-0.25, -0.2) is 0 Å². The molecule has 0 rings (SSSR count). The third-order valence-corrected chi connectivity index (χ3v) is 1.43. The molecule has 1 N–H and O–H groups in total. The summed E-state index contributed by atoms with van der Waals surface area (Å²) in [6, 6.07) is 0. The Hall–Kier alpha value is -0.570. The molecule has 1 atom stereocenters. The van der Waals surface area contributed by atoms with Crippen LogP contribution in [0.1, 0.15) is 20.8 Å².